The van der Waals surface area contributed by atoms with Gasteiger partial charge in [-0.15, -0.1) is 0 Å². The van der Waals surface area contributed by atoms with E-state index in [0.717, 1.165) is 11.6 Å². The number of ether oxygens (including phenoxy) is 1. The molecule has 2 aromatic rings. The van der Waals surface area contributed by atoms with Crippen molar-refractivity contribution in [3.05, 3.63) is 64.2 Å². The lowest BCUT2D eigenvalue weighted by atomic mass is 10.2. The maximum Gasteiger partial charge on any atom is 0.289 e. The van der Waals surface area contributed by atoms with Crippen LogP contribution in [0.2, 0.25) is 0 Å². The SMILES string of the molecule is Cc1ccccc1OCC#CCNS(=O)(=O)c1ccccc1[N+](=O)[O-]. The van der Waals surface area contributed by atoms with Crippen LogP contribution in [0, 0.1) is 28.9 Å². The molecule has 8 heteroatoms. The van der Waals surface area contributed by atoms with Crippen molar-refractivity contribution in [1.82, 2.24) is 4.72 Å². The summed E-state index contributed by atoms with van der Waals surface area (Å²) in [5.74, 6) is 6.01. The monoisotopic (exact) mass is 360 g/mol. The molecule has 2 aromatic carbocycles. The number of nitro benzene ring substituents is 1. The van der Waals surface area contributed by atoms with Crippen LogP contribution in [0.5, 0.6) is 5.75 Å². The number of nitro groups is 1. The first-order valence-corrected chi connectivity index (χ1v) is 8.77. The van der Waals surface area contributed by atoms with Gasteiger partial charge in [-0.05, 0) is 24.6 Å². The highest BCUT2D eigenvalue weighted by Gasteiger charge is 2.24. The Kier molecular flexibility index (Phi) is 6.11. The molecule has 2 rings (SSSR count). The van der Waals surface area contributed by atoms with Crippen molar-refractivity contribution in [2.45, 2.75) is 11.8 Å². The van der Waals surface area contributed by atoms with E-state index in [1.165, 1.54) is 18.2 Å². The Morgan fingerprint density at radius 3 is 2.52 bits per heavy atom. The van der Waals surface area contributed by atoms with Crippen molar-refractivity contribution >= 4 is 15.7 Å². The zero-order valence-electron chi connectivity index (χ0n) is 13.4. The maximum atomic E-state index is 12.1. The minimum Gasteiger partial charge on any atom is -0.481 e. The van der Waals surface area contributed by atoms with E-state index in [0.29, 0.717) is 5.75 Å². The zero-order valence-corrected chi connectivity index (χ0v) is 14.2. The second-order valence-corrected chi connectivity index (χ2v) is 6.69. The summed E-state index contributed by atoms with van der Waals surface area (Å²) < 4.78 is 32.0. The third kappa shape index (κ3) is 5.04. The molecule has 130 valence electrons. The lowest BCUT2D eigenvalue weighted by Crippen LogP contribution is -2.24. The molecule has 0 saturated heterocycles. The van der Waals surface area contributed by atoms with E-state index in [-0.39, 0.29) is 13.2 Å². The molecule has 0 aliphatic rings. The number of benzene rings is 2. The Morgan fingerprint density at radius 1 is 1.12 bits per heavy atom. The molecule has 0 heterocycles. The van der Waals surface area contributed by atoms with E-state index < -0.39 is 25.5 Å². The predicted molar refractivity (Wildman–Crippen MR) is 92.7 cm³/mol. The Labute approximate surface area is 145 Å². The molecule has 0 radical (unpaired) electrons. The average molecular weight is 360 g/mol. The first-order chi connectivity index (χ1) is 11.9. The highest BCUT2D eigenvalue weighted by atomic mass is 32.2. The molecule has 0 bridgehead atoms. The van der Waals surface area contributed by atoms with Crippen LogP contribution in [-0.2, 0) is 10.0 Å². The van der Waals surface area contributed by atoms with E-state index >= 15 is 0 Å². The Balaban J connectivity index is 1.94. The van der Waals surface area contributed by atoms with Crippen molar-refractivity contribution in [3.8, 4) is 17.6 Å². The number of sulfonamides is 1. The first kappa shape index (κ1) is 18.4. The number of hydrogen-bond acceptors (Lipinski definition) is 5. The van der Waals surface area contributed by atoms with Gasteiger partial charge < -0.3 is 4.74 Å². The number of rotatable bonds is 6. The number of hydrogen-bond donors (Lipinski definition) is 1. The molecule has 1 N–H and O–H groups in total. The maximum absolute atomic E-state index is 12.1. The fraction of sp³-hybridized carbons (Fsp3) is 0.176. The van der Waals surface area contributed by atoms with Crippen LogP contribution in [0.15, 0.2) is 53.4 Å². The van der Waals surface area contributed by atoms with Crippen molar-refractivity contribution in [1.29, 1.82) is 0 Å². The number of para-hydroxylation sites is 2. The quantitative estimate of drug-likeness (QED) is 0.484. The molecule has 25 heavy (non-hydrogen) atoms. The van der Waals surface area contributed by atoms with Crippen LogP contribution in [0.4, 0.5) is 5.69 Å². The standard InChI is InChI=1S/C17H16N2O5S/c1-14-8-2-4-10-16(14)24-13-7-6-12-18-25(22,23)17-11-5-3-9-15(17)19(20)21/h2-5,8-11,18H,12-13H2,1H3. The molecule has 0 atom stereocenters. The summed E-state index contributed by atoms with van der Waals surface area (Å²) in [4.78, 5) is 9.78. The van der Waals surface area contributed by atoms with Crippen LogP contribution < -0.4 is 9.46 Å². The number of nitrogens with one attached hydrogen (secondary N) is 1. The van der Waals surface area contributed by atoms with Gasteiger partial charge in [-0.1, -0.05) is 42.2 Å². The van der Waals surface area contributed by atoms with Gasteiger partial charge in [-0.25, -0.2) is 8.42 Å². The first-order valence-electron chi connectivity index (χ1n) is 7.29. The van der Waals surface area contributed by atoms with Gasteiger partial charge in [0, 0.05) is 6.07 Å². The van der Waals surface area contributed by atoms with Gasteiger partial charge in [-0.2, -0.15) is 4.72 Å². The van der Waals surface area contributed by atoms with Gasteiger partial charge in [0.25, 0.3) is 5.69 Å². The van der Waals surface area contributed by atoms with Gasteiger partial charge in [0.2, 0.25) is 10.0 Å². The van der Waals surface area contributed by atoms with E-state index in [1.807, 2.05) is 31.2 Å². The van der Waals surface area contributed by atoms with Crippen molar-refractivity contribution < 1.29 is 18.1 Å². The van der Waals surface area contributed by atoms with Crippen molar-refractivity contribution in [2.24, 2.45) is 0 Å². The Hall–Kier alpha value is -2.89. The van der Waals surface area contributed by atoms with E-state index in [2.05, 4.69) is 16.6 Å². The summed E-state index contributed by atoms with van der Waals surface area (Å²) in [5.41, 5.74) is 0.493. The van der Waals surface area contributed by atoms with Crippen LogP contribution in [-0.4, -0.2) is 26.5 Å². The Bertz CT molecular complexity index is 929. The lowest BCUT2D eigenvalue weighted by molar-refractivity contribution is -0.387. The predicted octanol–water partition coefficient (Wildman–Crippen LogP) is 2.26. The molecule has 0 fully saturated rings. The number of nitrogens with zero attached hydrogens (tertiary/aromatic N) is 1. The highest BCUT2D eigenvalue weighted by Crippen LogP contribution is 2.22. The second-order valence-electron chi connectivity index (χ2n) is 4.96. The summed E-state index contributed by atoms with van der Waals surface area (Å²) in [6, 6.07) is 12.6. The molecule has 0 spiro atoms. The van der Waals surface area contributed by atoms with Gasteiger partial charge in [0.1, 0.15) is 12.4 Å². The largest absolute Gasteiger partial charge is 0.481 e. The average Bonchev–Trinajstić information content (AvgIpc) is 2.59. The molecule has 0 aromatic heterocycles. The zero-order chi connectivity index (χ0) is 18.3. The van der Waals surface area contributed by atoms with Crippen LogP contribution in [0.25, 0.3) is 0 Å². The summed E-state index contributed by atoms with van der Waals surface area (Å²) in [6.45, 7) is 1.84. The van der Waals surface area contributed by atoms with E-state index in [9.17, 15) is 18.5 Å². The normalized spacial score (nSPS) is 10.6. The highest BCUT2D eigenvalue weighted by molar-refractivity contribution is 7.89. The fourth-order valence-electron chi connectivity index (χ4n) is 1.99. The van der Waals surface area contributed by atoms with E-state index in [1.54, 1.807) is 0 Å². The van der Waals surface area contributed by atoms with Crippen molar-refractivity contribution in [2.75, 3.05) is 13.2 Å². The van der Waals surface area contributed by atoms with Gasteiger partial charge in [-0.3, -0.25) is 10.1 Å². The van der Waals surface area contributed by atoms with E-state index in [4.69, 9.17) is 4.74 Å². The van der Waals surface area contributed by atoms with Crippen molar-refractivity contribution in [3.63, 3.8) is 0 Å². The molecule has 0 aliphatic heterocycles. The summed E-state index contributed by atoms with van der Waals surface area (Å²) >= 11 is 0. The molecule has 0 aliphatic carbocycles. The van der Waals surface area contributed by atoms with Crippen LogP contribution in [0.1, 0.15) is 5.56 Å². The molecular weight excluding hydrogens is 344 g/mol. The third-order valence-electron chi connectivity index (χ3n) is 3.22. The fourth-order valence-corrected chi connectivity index (χ4v) is 3.08. The van der Waals surface area contributed by atoms with Gasteiger partial charge >= 0.3 is 0 Å². The van der Waals surface area contributed by atoms with Crippen LogP contribution >= 0.6 is 0 Å². The van der Waals surface area contributed by atoms with Crippen LogP contribution in [0.3, 0.4) is 0 Å². The second kappa shape index (κ2) is 8.28. The topological polar surface area (TPSA) is 98.5 Å². The molecule has 0 saturated carbocycles. The summed E-state index contributed by atoms with van der Waals surface area (Å²) in [5, 5.41) is 10.9. The third-order valence-corrected chi connectivity index (χ3v) is 4.67. The van der Waals surface area contributed by atoms with Gasteiger partial charge in [0.15, 0.2) is 4.90 Å². The molecule has 0 unspecified atom stereocenters. The smallest absolute Gasteiger partial charge is 0.289 e. The minimum absolute atomic E-state index is 0.109. The number of aryl methyl sites for hydroxylation is 1. The minimum atomic E-state index is -4.02. The summed E-state index contributed by atoms with van der Waals surface area (Å²) in [6.07, 6.45) is 0. The lowest BCUT2D eigenvalue weighted by Gasteiger charge is -2.05. The van der Waals surface area contributed by atoms with Gasteiger partial charge in [0.05, 0.1) is 11.5 Å². The molecule has 7 nitrogen and oxygen atoms in total. The molecular formula is C17H16N2O5S. The molecule has 0 amide bonds. The Morgan fingerprint density at radius 2 is 1.80 bits per heavy atom. The summed E-state index contributed by atoms with van der Waals surface area (Å²) in [7, 11) is -4.02.